The molecule has 0 aromatic heterocycles. The Labute approximate surface area is 234 Å². The molecule has 1 N–H and O–H groups in total. The molecule has 1 aliphatic rings. The lowest BCUT2D eigenvalue weighted by Crippen LogP contribution is -2.67. The molecule has 1 aliphatic heterocycles. The molecule has 0 unspecified atom stereocenters. The van der Waals surface area contributed by atoms with Crippen molar-refractivity contribution in [2.24, 2.45) is 0 Å². The lowest BCUT2D eigenvalue weighted by Gasteiger charge is -2.49. The van der Waals surface area contributed by atoms with E-state index >= 15 is 0 Å². The minimum Gasteiger partial charge on any atom is -0.493 e. The number of ether oxygens (including phenoxy) is 2. The summed E-state index contributed by atoms with van der Waals surface area (Å²) in [6.07, 6.45) is -0.260. The molecule has 39 heavy (non-hydrogen) atoms. The zero-order chi connectivity index (χ0) is 27.6. The molecule has 0 fully saturated rings. The molecule has 0 amide bonds. The number of methoxy groups -OCH3 is 2. The van der Waals surface area contributed by atoms with Crippen LogP contribution in [0.1, 0.15) is 62.6 Å². The number of nitrogens with one attached hydrogen (secondary N) is 1. The molecular formula is C34H39NO3Si. The molecule has 0 saturated heterocycles. The van der Waals surface area contributed by atoms with Gasteiger partial charge in [0, 0.05) is 6.04 Å². The van der Waals surface area contributed by atoms with Gasteiger partial charge in [-0.1, -0.05) is 112 Å². The molecule has 0 aliphatic carbocycles. The Bertz CT molecular complexity index is 1350. The Morgan fingerprint density at radius 1 is 0.667 bits per heavy atom. The number of benzene rings is 4. The van der Waals surface area contributed by atoms with Crippen LogP contribution in [0.5, 0.6) is 11.5 Å². The molecule has 202 valence electrons. The molecule has 0 bridgehead atoms. The molecule has 4 aromatic rings. The second-order valence-electron chi connectivity index (χ2n) is 11.3. The molecule has 4 aromatic carbocycles. The van der Waals surface area contributed by atoms with Crippen molar-refractivity contribution in [3.05, 3.63) is 120 Å². The van der Waals surface area contributed by atoms with Gasteiger partial charge in [0.1, 0.15) is 0 Å². The smallest absolute Gasteiger partial charge is 0.261 e. The van der Waals surface area contributed by atoms with E-state index in [0.29, 0.717) is 5.75 Å². The highest BCUT2D eigenvalue weighted by Crippen LogP contribution is 2.49. The van der Waals surface area contributed by atoms with Gasteiger partial charge in [-0.15, -0.1) is 0 Å². The largest absolute Gasteiger partial charge is 0.493 e. The van der Waals surface area contributed by atoms with Crippen molar-refractivity contribution in [1.29, 1.82) is 0 Å². The van der Waals surface area contributed by atoms with Crippen molar-refractivity contribution in [3.63, 3.8) is 0 Å². The maximum absolute atomic E-state index is 7.81. The van der Waals surface area contributed by atoms with E-state index in [1.807, 2.05) is 0 Å². The SMILES string of the molecule is COc1cc2c(cc1OC)[C@@H](C)N[C@@H](c1ccccc1)[C@@H]2O[Si](c1ccccc1)(c1ccccc1)C(C)(C)C. The average Bonchev–Trinajstić information content (AvgIpc) is 2.96. The van der Waals surface area contributed by atoms with E-state index in [4.69, 9.17) is 13.9 Å². The summed E-state index contributed by atoms with van der Waals surface area (Å²) < 4.78 is 19.3. The van der Waals surface area contributed by atoms with Gasteiger partial charge in [-0.3, -0.25) is 0 Å². The van der Waals surface area contributed by atoms with Gasteiger partial charge in [0.25, 0.3) is 8.32 Å². The predicted molar refractivity (Wildman–Crippen MR) is 162 cm³/mol. The van der Waals surface area contributed by atoms with Gasteiger partial charge < -0.3 is 19.2 Å². The molecule has 3 atom stereocenters. The first-order chi connectivity index (χ1) is 18.8. The fourth-order valence-electron chi connectivity index (χ4n) is 6.10. The van der Waals surface area contributed by atoms with Gasteiger partial charge in [0.2, 0.25) is 0 Å². The van der Waals surface area contributed by atoms with Crippen molar-refractivity contribution < 1.29 is 13.9 Å². The zero-order valence-electron chi connectivity index (χ0n) is 23.8. The topological polar surface area (TPSA) is 39.7 Å². The monoisotopic (exact) mass is 537 g/mol. The molecule has 0 spiro atoms. The third kappa shape index (κ3) is 4.91. The van der Waals surface area contributed by atoms with Gasteiger partial charge in [-0.2, -0.15) is 0 Å². The first kappa shape index (κ1) is 27.2. The highest BCUT2D eigenvalue weighted by atomic mass is 28.4. The highest BCUT2D eigenvalue weighted by molar-refractivity contribution is 6.99. The van der Waals surface area contributed by atoms with Crippen LogP contribution in [-0.4, -0.2) is 22.5 Å². The van der Waals surface area contributed by atoms with Crippen LogP contribution in [0.15, 0.2) is 103 Å². The minimum atomic E-state index is -2.86. The summed E-state index contributed by atoms with van der Waals surface area (Å²) in [7, 11) is 0.521. The van der Waals surface area contributed by atoms with Crippen LogP contribution in [-0.2, 0) is 4.43 Å². The fraction of sp³-hybridized carbons (Fsp3) is 0.294. The van der Waals surface area contributed by atoms with E-state index in [-0.39, 0.29) is 23.2 Å². The van der Waals surface area contributed by atoms with Gasteiger partial charge in [-0.25, -0.2) is 0 Å². The summed E-state index contributed by atoms with van der Waals surface area (Å²) in [6.45, 7) is 9.18. The van der Waals surface area contributed by atoms with Crippen LogP contribution in [0.4, 0.5) is 0 Å². The summed E-state index contributed by atoms with van der Waals surface area (Å²) >= 11 is 0. The number of hydrogen-bond donors (Lipinski definition) is 1. The number of fused-ring (bicyclic) bond motifs is 1. The van der Waals surface area contributed by atoms with Crippen LogP contribution < -0.4 is 25.2 Å². The summed E-state index contributed by atoms with van der Waals surface area (Å²) in [5, 5.41) is 6.27. The van der Waals surface area contributed by atoms with E-state index < -0.39 is 8.32 Å². The van der Waals surface area contributed by atoms with Crippen LogP contribution in [0.3, 0.4) is 0 Å². The van der Waals surface area contributed by atoms with Crippen LogP contribution in [0, 0.1) is 0 Å². The second-order valence-corrected chi connectivity index (χ2v) is 15.6. The first-order valence-electron chi connectivity index (χ1n) is 13.7. The van der Waals surface area contributed by atoms with Gasteiger partial charge in [0.15, 0.2) is 11.5 Å². The van der Waals surface area contributed by atoms with E-state index in [1.165, 1.54) is 21.5 Å². The molecule has 5 rings (SSSR count). The fourth-order valence-corrected chi connectivity index (χ4v) is 10.8. The van der Waals surface area contributed by atoms with E-state index in [1.54, 1.807) is 14.2 Å². The Morgan fingerprint density at radius 2 is 1.13 bits per heavy atom. The summed E-state index contributed by atoms with van der Waals surface area (Å²) in [5.74, 6) is 1.44. The number of rotatable bonds is 7. The van der Waals surface area contributed by atoms with Crippen molar-refractivity contribution in [2.75, 3.05) is 14.2 Å². The van der Waals surface area contributed by atoms with Crippen LogP contribution in [0.25, 0.3) is 0 Å². The summed E-state index contributed by atoms with van der Waals surface area (Å²) in [4.78, 5) is 0. The minimum absolute atomic E-state index is 0.0477. The van der Waals surface area contributed by atoms with E-state index in [0.717, 1.165) is 11.3 Å². The Hall–Kier alpha value is -3.38. The normalized spacial score (nSPS) is 19.3. The lowest BCUT2D eigenvalue weighted by molar-refractivity contribution is 0.122. The third-order valence-electron chi connectivity index (χ3n) is 7.97. The molecule has 0 saturated carbocycles. The Kier molecular flexibility index (Phi) is 7.67. The van der Waals surface area contributed by atoms with E-state index in [2.05, 4.69) is 136 Å². The lowest BCUT2D eigenvalue weighted by atomic mass is 9.85. The predicted octanol–water partition coefficient (Wildman–Crippen LogP) is 6.73. The average molecular weight is 538 g/mol. The highest BCUT2D eigenvalue weighted by Gasteiger charge is 2.53. The molecular weight excluding hydrogens is 498 g/mol. The number of hydrogen-bond acceptors (Lipinski definition) is 4. The maximum atomic E-state index is 7.81. The van der Waals surface area contributed by atoms with Crippen molar-refractivity contribution in [3.8, 4) is 11.5 Å². The van der Waals surface area contributed by atoms with Crippen molar-refractivity contribution >= 4 is 18.7 Å². The van der Waals surface area contributed by atoms with E-state index in [9.17, 15) is 0 Å². The Balaban J connectivity index is 1.79. The van der Waals surface area contributed by atoms with Gasteiger partial charge >= 0.3 is 0 Å². The Morgan fingerprint density at radius 3 is 1.59 bits per heavy atom. The van der Waals surface area contributed by atoms with Crippen molar-refractivity contribution in [1.82, 2.24) is 5.32 Å². The zero-order valence-corrected chi connectivity index (χ0v) is 24.8. The first-order valence-corrected chi connectivity index (χ1v) is 15.6. The van der Waals surface area contributed by atoms with Crippen molar-refractivity contribution in [2.45, 2.75) is 50.9 Å². The van der Waals surface area contributed by atoms with Crippen LogP contribution in [0.2, 0.25) is 5.04 Å². The maximum Gasteiger partial charge on any atom is 0.261 e. The quantitative estimate of drug-likeness (QED) is 0.266. The van der Waals surface area contributed by atoms with Gasteiger partial charge in [-0.05, 0) is 51.2 Å². The molecule has 5 heteroatoms. The molecule has 1 heterocycles. The standard InChI is InChI=1S/C34H39NO3Si/c1-24-28-22-30(36-5)31(37-6)23-29(28)33(32(35-24)25-16-10-7-11-17-25)38-39(34(2,3)4,26-18-12-8-13-19-26)27-20-14-9-15-21-27/h7-24,32-33,35H,1-6H3/t24-,32+,33-/m1/s1. The summed E-state index contributed by atoms with van der Waals surface area (Å²) in [5.41, 5.74) is 3.51. The molecule has 4 nitrogen and oxygen atoms in total. The molecule has 0 radical (unpaired) electrons. The second kappa shape index (κ2) is 11.0. The third-order valence-corrected chi connectivity index (χ3v) is 13.0. The van der Waals surface area contributed by atoms with Crippen LogP contribution >= 0.6 is 0 Å². The van der Waals surface area contributed by atoms with Gasteiger partial charge in [0.05, 0.1) is 26.4 Å². The summed E-state index contributed by atoms with van der Waals surface area (Å²) in [6, 6.07) is 36.6.